The summed E-state index contributed by atoms with van der Waals surface area (Å²) in [5, 5.41) is 0. The van der Waals surface area contributed by atoms with E-state index in [0.29, 0.717) is 24.3 Å². The molecule has 1 fully saturated rings. The number of amides is 1. The summed E-state index contributed by atoms with van der Waals surface area (Å²) in [5.74, 6) is -0.130. The van der Waals surface area contributed by atoms with Crippen molar-refractivity contribution in [3.63, 3.8) is 0 Å². The van der Waals surface area contributed by atoms with Crippen LogP contribution < -0.4 is 0 Å². The first-order chi connectivity index (χ1) is 11.5. The normalized spacial score (nSPS) is 18.4. The first-order valence-electron chi connectivity index (χ1n) is 7.81. The summed E-state index contributed by atoms with van der Waals surface area (Å²) < 4.78 is 24.0. The van der Waals surface area contributed by atoms with E-state index >= 15 is 0 Å². The summed E-state index contributed by atoms with van der Waals surface area (Å²) in [6.07, 6.45) is 7.62. The number of likely N-dealkylation sites (tertiary alicyclic amines) is 1. The van der Waals surface area contributed by atoms with Gasteiger partial charge in [-0.3, -0.25) is 14.8 Å². The third kappa shape index (κ3) is 3.46. The third-order valence-corrected chi connectivity index (χ3v) is 5.37. The van der Waals surface area contributed by atoms with E-state index in [1.54, 1.807) is 47.8 Å². The maximum atomic E-state index is 12.6. The zero-order valence-corrected chi connectivity index (χ0v) is 14.2. The van der Waals surface area contributed by atoms with Gasteiger partial charge in [-0.1, -0.05) is 0 Å². The molecule has 1 aliphatic rings. The van der Waals surface area contributed by atoms with Crippen LogP contribution in [0.25, 0.3) is 0 Å². The van der Waals surface area contributed by atoms with Crippen LogP contribution in [0, 0.1) is 0 Å². The average Bonchev–Trinajstić information content (AvgIpc) is 2.61. The average molecular weight is 345 g/mol. The Labute approximate surface area is 141 Å². The Hall–Kier alpha value is -2.28. The molecule has 6 nitrogen and oxygen atoms in total. The van der Waals surface area contributed by atoms with Crippen molar-refractivity contribution < 1.29 is 13.2 Å². The lowest BCUT2D eigenvalue weighted by molar-refractivity contribution is 0.0705. The molecule has 3 rings (SSSR count). The highest BCUT2D eigenvalue weighted by atomic mass is 32.2. The molecule has 1 amide bonds. The van der Waals surface area contributed by atoms with E-state index < -0.39 is 9.84 Å². The summed E-state index contributed by atoms with van der Waals surface area (Å²) in [7, 11) is -3.35. The van der Waals surface area contributed by atoms with Crippen LogP contribution in [0.1, 0.15) is 34.8 Å². The highest BCUT2D eigenvalue weighted by molar-refractivity contribution is 7.90. The molecule has 0 radical (unpaired) electrons. The lowest BCUT2D eigenvalue weighted by Gasteiger charge is -2.33. The van der Waals surface area contributed by atoms with Crippen molar-refractivity contribution in [1.82, 2.24) is 14.9 Å². The Kier molecular flexibility index (Phi) is 4.62. The zero-order valence-electron chi connectivity index (χ0n) is 13.4. The zero-order chi connectivity index (χ0) is 17.2. The van der Waals surface area contributed by atoms with E-state index in [1.165, 1.54) is 6.26 Å². The molecular formula is C17H19N3O3S. The van der Waals surface area contributed by atoms with Crippen molar-refractivity contribution in [2.75, 3.05) is 19.3 Å². The number of carbonyl (C=O) groups is 1. The van der Waals surface area contributed by atoms with Gasteiger partial charge in [0.25, 0.3) is 5.91 Å². The first-order valence-corrected chi connectivity index (χ1v) is 9.70. The largest absolute Gasteiger partial charge is 0.338 e. The van der Waals surface area contributed by atoms with E-state index in [2.05, 4.69) is 9.97 Å². The van der Waals surface area contributed by atoms with Gasteiger partial charge in [-0.05, 0) is 37.1 Å². The molecule has 126 valence electrons. The molecule has 0 saturated carbocycles. The number of pyridine rings is 2. The van der Waals surface area contributed by atoms with Crippen LogP contribution in [0.4, 0.5) is 0 Å². The SMILES string of the molecule is CS(=O)(=O)c1cccnc1[C@H]1CCCN(C(=O)c2ccncc2)C1. The number of piperidine rings is 1. The van der Waals surface area contributed by atoms with Gasteiger partial charge in [-0.25, -0.2) is 8.42 Å². The lowest BCUT2D eigenvalue weighted by Crippen LogP contribution is -2.39. The Morgan fingerprint density at radius 2 is 1.96 bits per heavy atom. The Morgan fingerprint density at radius 3 is 2.67 bits per heavy atom. The van der Waals surface area contributed by atoms with Gasteiger partial charge in [0.1, 0.15) is 0 Å². The molecule has 0 N–H and O–H groups in total. The number of hydrogen-bond acceptors (Lipinski definition) is 5. The summed E-state index contributed by atoms with van der Waals surface area (Å²) >= 11 is 0. The van der Waals surface area contributed by atoms with Crippen LogP contribution in [0.2, 0.25) is 0 Å². The van der Waals surface area contributed by atoms with Gasteiger partial charge in [-0.2, -0.15) is 0 Å². The highest BCUT2D eigenvalue weighted by Crippen LogP contribution is 2.30. The number of rotatable bonds is 3. The number of sulfone groups is 1. The Morgan fingerprint density at radius 1 is 1.21 bits per heavy atom. The molecule has 1 aliphatic heterocycles. The predicted octanol–water partition coefficient (Wildman–Crippen LogP) is 1.90. The summed E-state index contributed by atoms with van der Waals surface area (Å²) in [4.78, 5) is 22.9. The van der Waals surface area contributed by atoms with E-state index in [9.17, 15) is 13.2 Å². The lowest BCUT2D eigenvalue weighted by atomic mass is 9.93. The molecular weight excluding hydrogens is 326 g/mol. The molecule has 0 aromatic carbocycles. The van der Waals surface area contributed by atoms with Gasteiger partial charge < -0.3 is 4.90 Å². The van der Waals surface area contributed by atoms with E-state index in [4.69, 9.17) is 0 Å². The van der Waals surface area contributed by atoms with Crippen LogP contribution >= 0.6 is 0 Å². The summed E-state index contributed by atoms with van der Waals surface area (Å²) in [6.45, 7) is 1.14. The van der Waals surface area contributed by atoms with Crippen molar-refractivity contribution in [1.29, 1.82) is 0 Å². The Bertz CT molecular complexity index is 837. The highest BCUT2D eigenvalue weighted by Gasteiger charge is 2.29. The van der Waals surface area contributed by atoms with E-state index in [1.807, 2.05) is 0 Å². The van der Waals surface area contributed by atoms with Gasteiger partial charge in [0, 0.05) is 49.4 Å². The second kappa shape index (κ2) is 6.68. The van der Waals surface area contributed by atoms with Crippen LogP contribution in [-0.2, 0) is 9.84 Å². The second-order valence-electron chi connectivity index (χ2n) is 5.99. The third-order valence-electron chi connectivity index (χ3n) is 4.22. The van der Waals surface area contributed by atoms with Crippen molar-refractivity contribution in [2.45, 2.75) is 23.7 Å². The fourth-order valence-corrected chi connectivity index (χ4v) is 4.01. The molecule has 0 unspecified atom stereocenters. The van der Waals surface area contributed by atoms with Gasteiger partial charge >= 0.3 is 0 Å². The molecule has 0 spiro atoms. The minimum atomic E-state index is -3.35. The molecule has 24 heavy (non-hydrogen) atoms. The molecule has 3 heterocycles. The van der Waals surface area contributed by atoms with Gasteiger partial charge in [-0.15, -0.1) is 0 Å². The Balaban J connectivity index is 1.86. The summed E-state index contributed by atoms with van der Waals surface area (Å²) in [6, 6.07) is 6.59. The van der Waals surface area contributed by atoms with Gasteiger partial charge in [0.2, 0.25) is 0 Å². The van der Waals surface area contributed by atoms with Crippen LogP contribution in [0.3, 0.4) is 0 Å². The number of nitrogens with zero attached hydrogens (tertiary/aromatic N) is 3. The first kappa shape index (κ1) is 16.6. The van der Waals surface area contributed by atoms with Crippen LogP contribution in [-0.4, -0.2) is 48.5 Å². The molecule has 7 heteroatoms. The molecule has 1 saturated heterocycles. The van der Waals surface area contributed by atoms with Crippen molar-refractivity contribution in [3.05, 3.63) is 54.1 Å². The maximum absolute atomic E-state index is 12.6. The standard InChI is InChI=1S/C17H19N3O3S/c1-24(22,23)15-5-2-8-19-16(15)14-4-3-11-20(12-14)17(21)13-6-9-18-10-7-13/h2,5-10,14H,3-4,11-12H2,1H3/t14-/m0/s1. The maximum Gasteiger partial charge on any atom is 0.253 e. The van der Waals surface area contributed by atoms with E-state index in [-0.39, 0.29) is 16.7 Å². The molecule has 0 aliphatic carbocycles. The smallest absolute Gasteiger partial charge is 0.253 e. The van der Waals surface area contributed by atoms with Gasteiger partial charge in [0.05, 0.1) is 10.6 Å². The van der Waals surface area contributed by atoms with Crippen molar-refractivity contribution in [2.24, 2.45) is 0 Å². The summed E-state index contributed by atoms with van der Waals surface area (Å²) in [5.41, 5.74) is 1.15. The second-order valence-corrected chi connectivity index (χ2v) is 7.97. The number of carbonyl (C=O) groups excluding carboxylic acids is 1. The quantitative estimate of drug-likeness (QED) is 0.849. The fourth-order valence-electron chi connectivity index (χ4n) is 3.08. The fraction of sp³-hybridized carbons (Fsp3) is 0.353. The molecule has 2 aromatic heterocycles. The molecule has 0 bridgehead atoms. The monoisotopic (exact) mass is 345 g/mol. The van der Waals surface area contributed by atoms with Crippen molar-refractivity contribution in [3.8, 4) is 0 Å². The minimum Gasteiger partial charge on any atom is -0.338 e. The predicted molar refractivity (Wildman–Crippen MR) is 89.5 cm³/mol. The van der Waals surface area contributed by atoms with Crippen LogP contribution in [0.15, 0.2) is 47.8 Å². The van der Waals surface area contributed by atoms with Crippen molar-refractivity contribution >= 4 is 15.7 Å². The van der Waals surface area contributed by atoms with Gasteiger partial charge in [0.15, 0.2) is 9.84 Å². The van der Waals surface area contributed by atoms with Crippen LogP contribution in [0.5, 0.6) is 0 Å². The number of aromatic nitrogens is 2. The topological polar surface area (TPSA) is 80.2 Å². The minimum absolute atomic E-state index is 0.0565. The molecule has 2 aromatic rings. The number of hydrogen-bond donors (Lipinski definition) is 0. The van der Waals surface area contributed by atoms with E-state index in [0.717, 1.165) is 12.8 Å². The molecule has 1 atom stereocenters.